The molecule has 0 unspecified atom stereocenters. The van der Waals surface area contributed by atoms with Crippen molar-refractivity contribution in [3.05, 3.63) is 53.1 Å². The molecule has 0 radical (unpaired) electrons. The summed E-state index contributed by atoms with van der Waals surface area (Å²) < 4.78 is 14.5. The molecule has 1 aliphatic rings. The second-order valence-corrected chi connectivity index (χ2v) is 7.73. The minimum atomic E-state index is -0.418. The number of nitriles is 1. The van der Waals surface area contributed by atoms with Gasteiger partial charge in [-0.1, -0.05) is 6.07 Å². The third-order valence-electron chi connectivity index (χ3n) is 5.61. The standard InChI is InChI=1S/C22H24FN7/c1-14(17-5-4-16(12-24)10-20(17)23)26-22-18-11-21(30-8-6-29(3)7-9-30)25-13-19(18)15(2)27-28-22/h4-5,10-11,13-14H,6-9H2,1-3H3,(H,26,28)/t14-/m1/s1. The van der Waals surface area contributed by atoms with Gasteiger partial charge < -0.3 is 15.1 Å². The average Bonchev–Trinajstić information content (AvgIpc) is 2.75. The number of anilines is 2. The summed E-state index contributed by atoms with van der Waals surface area (Å²) in [6.07, 6.45) is 1.84. The maximum atomic E-state index is 14.5. The SMILES string of the molecule is Cc1nnc(N[C@H](C)c2ccc(C#N)cc2F)c2cc(N3CCN(C)CC3)ncc12. The Morgan fingerprint density at radius 3 is 2.60 bits per heavy atom. The molecule has 3 aromatic rings. The van der Waals surface area contributed by atoms with E-state index < -0.39 is 5.82 Å². The van der Waals surface area contributed by atoms with Crippen LogP contribution in [0.1, 0.15) is 29.8 Å². The fourth-order valence-corrected chi connectivity index (χ4v) is 3.71. The Kier molecular flexibility index (Phi) is 5.46. The smallest absolute Gasteiger partial charge is 0.157 e. The number of benzene rings is 1. The Bertz CT molecular complexity index is 1120. The predicted molar refractivity (Wildman–Crippen MR) is 115 cm³/mol. The van der Waals surface area contributed by atoms with Gasteiger partial charge in [-0.15, -0.1) is 5.10 Å². The number of halogens is 1. The lowest BCUT2D eigenvalue weighted by atomic mass is 10.1. The first-order valence-corrected chi connectivity index (χ1v) is 9.99. The minimum Gasteiger partial charge on any atom is -0.361 e. The van der Waals surface area contributed by atoms with Gasteiger partial charge in [0, 0.05) is 48.7 Å². The highest BCUT2D eigenvalue weighted by Gasteiger charge is 2.19. The summed E-state index contributed by atoms with van der Waals surface area (Å²) in [4.78, 5) is 9.22. The normalized spacial score (nSPS) is 15.8. The van der Waals surface area contributed by atoms with Gasteiger partial charge in [0.2, 0.25) is 0 Å². The van der Waals surface area contributed by atoms with Crippen LogP contribution in [0.15, 0.2) is 30.5 Å². The van der Waals surface area contributed by atoms with Crippen LogP contribution in [0.2, 0.25) is 0 Å². The van der Waals surface area contributed by atoms with Gasteiger partial charge in [0.05, 0.1) is 23.4 Å². The summed E-state index contributed by atoms with van der Waals surface area (Å²) in [5.41, 5.74) is 1.56. The van der Waals surface area contributed by atoms with E-state index in [4.69, 9.17) is 5.26 Å². The zero-order valence-corrected chi connectivity index (χ0v) is 17.4. The number of nitrogens with one attached hydrogen (secondary N) is 1. The predicted octanol–water partition coefficient (Wildman–Crippen LogP) is 3.27. The molecule has 4 rings (SSSR count). The van der Waals surface area contributed by atoms with E-state index in [1.807, 2.05) is 32.2 Å². The maximum Gasteiger partial charge on any atom is 0.157 e. The van der Waals surface area contributed by atoms with Gasteiger partial charge in [0.1, 0.15) is 11.6 Å². The minimum absolute atomic E-state index is 0.298. The number of hydrogen-bond donors (Lipinski definition) is 1. The number of piperazine rings is 1. The zero-order chi connectivity index (χ0) is 21.3. The first-order valence-electron chi connectivity index (χ1n) is 9.99. The van der Waals surface area contributed by atoms with Gasteiger partial charge in [-0.2, -0.15) is 10.4 Å². The van der Waals surface area contributed by atoms with E-state index in [0.717, 1.165) is 48.5 Å². The molecular weight excluding hydrogens is 381 g/mol. The lowest BCUT2D eigenvalue weighted by Crippen LogP contribution is -2.44. The summed E-state index contributed by atoms with van der Waals surface area (Å²) in [5.74, 6) is 1.08. The molecule has 2 aromatic heterocycles. The molecule has 1 aromatic carbocycles. The van der Waals surface area contributed by atoms with Crippen molar-refractivity contribution in [1.29, 1.82) is 5.26 Å². The summed E-state index contributed by atoms with van der Waals surface area (Å²) in [6, 6.07) is 8.14. The molecule has 0 saturated carbocycles. The number of aryl methyl sites for hydroxylation is 1. The number of nitrogens with zero attached hydrogens (tertiary/aromatic N) is 6. The quantitative estimate of drug-likeness (QED) is 0.713. The highest BCUT2D eigenvalue weighted by Crippen LogP contribution is 2.29. The van der Waals surface area contributed by atoms with Crippen molar-refractivity contribution in [3.8, 4) is 6.07 Å². The molecular formula is C22H24FN7. The average molecular weight is 405 g/mol. The second kappa shape index (κ2) is 8.20. The number of fused-ring (bicyclic) bond motifs is 1. The molecule has 0 bridgehead atoms. The number of rotatable bonds is 4. The van der Waals surface area contributed by atoms with Gasteiger partial charge in [0.25, 0.3) is 0 Å². The first kappa shape index (κ1) is 20.0. The lowest BCUT2D eigenvalue weighted by Gasteiger charge is -2.33. The Morgan fingerprint density at radius 2 is 1.90 bits per heavy atom. The topological polar surface area (TPSA) is 81.0 Å². The first-order chi connectivity index (χ1) is 14.5. The molecule has 3 heterocycles. The van der Waals surface area contributed by atoms with E-state index in [0.29, 0.717) is 16.9 Å². The van der Waals surface area contributed by atoms with Crippen LogP contribution in [0.25, 0.3) is 10.8 Å². The van der Waals surface area contributed by atoms with E-state index in [-0.39, 0.29) is 6.04 Å². The summed E-state index contributed by atoms with van der Waals surface area (Å²) in [6.45, 7) is 7.59. The molecule has 30 heavy (non-hydrogen) atoms. The Balaban J connectivity index is 1.67. The molecule has 1 aliphatic heterocycles. The van der Waals surface area contributed by atoms with Gasteiger partial charge >= 0.3 is 0 Å². The van der Waals surface area contributed by atoms with Crippen molar-refractivity contribution in [3.63, 3.8) is 0 Å². The fourth-order valence-electron chi connectivity index (χ4n) is 3.71. The van der Waals surface area contributed by atoms with Crippen molar-refractivity contribution < 1.29 is 4.39 Å². The van der Waals surface area contributed by atoms with E-state index in [2.05, 4.69) is 37.3 Å². The number of pyridine rings is 1. The van der Waals surface area contributed by atoms with E-state index in [1.165, 1.54) is 6.07 Å². The van der Waals surface area contributed by atoms with Crippen LogP contribution in [-0.4, -0.2) is 53.3 Å². The summed E-state index contributed by atoms with van der Waals surface area (Å²) >= 11 is 0. The van der Waals surface area contributed by atoms with Crippen LogP contribution < -0.4 is 10.2 Å². The molecule has 154 valence electrons. The Labute approximate surface area is 175 Å². The van der Waals surface area contributed by atoms with Crippen LogP contribution >= 0.6 is 0 Å². The van der Waals surface area contributed by atoms with Crippen molar-refractivity contribution >= 4 is 22.4 Å². The zero-order valence-electron chi connectivity index (χ0n) is 17.4. The van der Waals surface area contributed by atoms with Crippen LogP contribution in [-0.2, 0) is 0 Å². The van der Waals surface area contributed by atoms with Crippen molar-refractivity contribution in [2.75, 3.05) is 43.4 Å². The molecule has 1 atom stereocenters. The number of hydrogen-bond acceptors (Lipinski definition) is 7. The van der Waals surface area contributed by atoms with E-state index in [9.17, 15) is 4.39 Å². The maximum absolute atomic E-state index is 14.5. The molecule has 7 nitrogen and oxygen atoms in total. The highest BCUT2D eigenvalue weighted by molar-refractivity contribution is 5.94. The Hall–Kier alpha value is -3.31. The van der Waals surface area contributed by atoms with Gasteiger partial charge in [-0.05, 0) is 39.1 Å². The van der Waals surface area contributed by atoms with Crippen LogP contribution in [0.4, 0.5) is 16.0 Å². The summed E-state index contributed by atoms with van der Waals surface area (Å²) in [5, 5.41) is 22.7. The highest BCUT2D eigenvalue weighted by atomic mass is 19.1. The molecule has 1 N–H and O–H groups in total. The second-order valence-electron chi connectivity index (χ2n) is 7.73. The number of likely N-dealkylation sites (N-methyl/N-ethyl adjacent to an activating group) is 1. The third-order valence-corrected chi connectivity index (χ3v) is 5.61. The van der Waals surface area contributed by atoms with Gasteiger partial charge in [-0.3, -0.25) is 0 Å². The van der Waals surface area contributed by atoms with Crippen LogP contribution in [0, 0.1) is 24.1 Å². The van der Waals surface area contributed by atoms with Crippen molar-refractivity contribution in [2.24, 2.45) is 0 Å². The van der Waals surface area contributed by atoms with Crippen LogP contribution in [0.3, 0.4) is 0 Å². The van der Waals surface area contributed by atoms with Crippen molar-refractivity contribution in [2.45, 2.75) is 19.9 Å². The molecule has 1 saturated heterocycles. The monoisotopic (exact) mass is 405 g/mol. The molecule has 0 amide bonds. The van der Waals surface area contributed by atoms with Gasteiger partial charge in [0.15, 0.2) is 5.82 Å². The molecule has 0 aliphatic carbocycles. The molecule has 8 heteroatoms. The molecule has 1 fully saturated rings. The van der Waals surface area contributed by atoms with Gasteiger partial charge in [-0.25, -0.2) is 9.37 Å². The van der Waals surface area contributed by atoms with Crippen molar-refractivity contribution in [1.82, 2.24) is 20.1 Å². The van der Waals surface area contributed by atoms with E-state index >= 15 is 0 Å². The third kappa shape index (κ3) is 3.89. The lowest BCUT2D eigenvalue weighted by molar-refractivity contribution is 0.312. The van der Waals surface area contributed by atoms with Crippen LogP contribution in [0.5, 0.6) is 0 Å². The number of aromatic nitrogens is 3. The Morgan fingerprint density at radius 1 is 1.13 bits per heavy atom. The van der Waals surface area contributed by atoms with E-state index in [1.54, 1.807) is 12.1 Å². The summed E-state index contributed by atoms with van der Waals surface area (Å²) in [7, 11) is 2.12. The fraction of sp³-hybridized carbons (Fsp3) is 0.364. The molecule has 0 spiro atoms. The largest absolute Gasteiger partial charge is 0.361 e.